The number of rotatable bonds is 5. The van der Waals surface area contributed by atoms with Crippen molar-refractivity contribution in [3.63, 3.8) is 0 Å². The van der Waals surface area contributed by atoms with E-state index in [0.717, 1.165) is 17.3 Å². The third-order valence-corrected chi connectivity index (χ3v) is 4.22. The zero-order chi connectivity index (χ0) is 13.0. The summed E-state index contributed by atoms with van der Waals surface area (Å²) < 4.78 is 0.865. The molecule has 0 aliphatic heterocycles. The normalized spacial score (nSPS) is 12.6. The molecule has 0 bridgehead atoms. The van der Waals surface area contributed by atoms with Crippen molar-refractivity contribution in [1.29, 1.82) is 0 Å². The van der Waals surface area contributed by atoms with Gasteiger partial charge in [0, 0.05) is 17.3 Å². The van der Waals surface area contributed by atoms with Crippen LogP contribution in [0.2, 0.25) is 4.34 Å². The topological polar surface area (TPSA) is 12.0 Å². The van der Waals surface area contributed by atoms with Gasteiger partial charge in [-0.2, -0.15) is 0 Å². The third kappa shape index (κ3) is 3.58. The molecule has 18 heavy (non-hydrogen) atoms. The summed E-state index contributed by atoms with van der Waals surface area (Å²) in [5.41, 5.74) is 2.64. The number of likely N-dealkylation sites (N-methyl/N-ethyl adjacent to an activating group) is 1. The van der Waals surface area contributed by atoms with Crippen molar-refractivity contribution in [2.45, 2.75) is 26.3 Å². The zero-order valence-electron chi connectivity index (χ0n) is 10.7. The van der Waals surface area contributed by atoms with Crippen LogP contribution in [0.15, 0.2) is 36.4 Å². The van der Waals surface area contributed by atoms with Gasteiger partial charge < -0.3 is 5.32 Å². The molecule has 1 nitrogen and oxygen atoms in total. The van der Waals surface area contributed by atoms with E-state index in [1.54, 1.807) is 11.3 Å². The Labute approximate surface area is 118 Å². The first-order valence-electron chi connectivity index (χ1n) is 6.23. The minimum absolute atomic E-state index is 0.366. The molecule has 3 heteroatoms. The Morgan fingerprint density at radius 3 is 2.44 bits per heavy atom. The average Bonchev–Trinajstić information content (AvgIpc) is 2.75. The molecule has 0 saturated carbocycles. The summed E-state index contributed by atoms with van der Waals surface area (Å²) >= 11 is 7.65. The van der Waals surface area contributed by atoms with Crippen LogP contribution in [0.25, 0.3) is 0 Å². The van der Waals surface area contributed by atoms with Crippen LogP contribution in [-0.2, 0) is 6.42 Å². The van der Waals surface area contributed by atoms with E-state index in [2.05, 4.69) is 49.5 Å². The number of thiophene rings is 1. The van der Waals surface area contributed by atoms with E-state index in [0.29, 0.717) is 6.04 Å². The largest absolute Gasteiger partial charge is 0.310 e. The minimum atomic E-state index is 0.366. The fraction of sp³-hybridized carbons (Fsp3) is 0.333. The van der Waals surface area contributed by atoms with Crippen molar-refractivity contribution in [3.8, 4) is 0 Å². The lowest BCUT2D eigenvalue weighted by Crippen LogP contribution is -2.22. The van der Waals surface area contributed by atoms with Crippen molar-refractivity contribution in [2.24, 2.45) is 0 Å². The molecular formula is C15H18ClNS. The van der Waals surface area contributed by atoms with Gasteiger partial charge in [-0.1, -0.05) is 48.4 Å². The van der Waals surface area contributed by atoms with E-state index >= 15 is 0 Å². The maximum Gasteiger partial charge on any atom is 0.0931 e. The first-order valence-corrected chi connectivity index (χ1v) is 7.42. The Hall–Kier alpha value is -0.830. The highest BCUT2D eigenvalue weighted by Crippen LogP contribution is 2.26. The van der Waals surface area contributed by atoms with Crippen LogP contribution in [0.1, 0.15) is 29.0 Å². The fourth-order valence-electron chi connectivity index (χ4n) is 2.02. The maximum atomic E-state index is 5.99. The molecule has 1 atom stereocenters. The third-order valence-electron chi connectivity index (χ3n) is 2.96. The molecule has 1 aromatic heterocycles. The first kappa shape index (κ1) is 13.6. The summed E-state index contributed by atoms with van der Waals surface area (Å²) in [6.45, 7) is 5.23. The van der Waals surface area contributed by atoms with Gasteiger partial charge in [0.1, 0.15) is 0 Å². The Morgan fingerprint density at radius 2 is 1.89 bits per heavy atom. The zero-order valence-corrected chi connectivity index (χ0v) is 12.3. The van der Waals surface area contributed by atoms with Gasteiger partial charge >= 0.3 is 0 Å². The first-order chi connectivity index (χ1) is 8.69. The number of aryl methyl sites for hydroxylation is 1. The number of halogens is 1. The number of nitrogens with one attached hydrogen (secondary N) is 1. The number of hydrogen-bond acceptors (Lipinski definition) is 2. The molecule has 0 aliphatic carbocycles. The summed E-state index contributed by atoms with van der Waals surface area (Å²) in [5, 5.41) is 3.54. The second-order valence-electron chi connectivity index (χ2n) is 4.43. The molecule has 2 rings (SSSR count). The molecule has 1 unspecified atom stereocenters. The van der Waals surface area contributed by atoms with E-state index in [1.807, 2.05) is 6.07 Å². The minimum Gasteiger partial charge on any atom is -0.310 e. The number of benzene rings is 1. The van der Waals surface area contributed by atoms with Crippen LogP contribution in [0.3, 0.4) is 0 Å². The standard InChI is InChI=1S/C15H18ClNS/c1-3-17-14(10-13-8-9-15(16)18-13)12-6-4-11(2)5-7-12/h4-9,14,17H,3,10H2,1-2H3. The summed E-state index contributed by atoms with van der Waals surface area (Å²) in [4.78, 5) is 1.33. The molecule has 0 amide bonds. The van der Waals surface area contributed by atoms with Crippen LogP contribution in [-0.4, -0.2) is 6.54 Å². The summed E-state index contributed by atoms with van der Waals surface area (Å²) in [6.07, 6.45) is 0.994. The van der Waals surface area contributed by atoms with Crippen LogP contribution in [0, 0.1) is 6.92 Å². The second kappa shape index (κ2) is 6.37. The van der Waals surface area contributed by atoms with Gasteiger partial charge in [0.2, 0.25) is 0 Å². The van der Waals surface area contributed by atoms with Crippen LogP contribution in [0.5, 0.6) is 0 Å². The van der Waals surface area contributed by atoms with Crippen LogP contribution in [0.4, 0.5) is 0 Å². The molecule has 0 aliphatic rings. The van der Waals surface area contributed by atoms with Crippen molar-refractivity contribution in [3.05, 3.63) is 56.7 Å². The maximum absolute atomic E-state index is 5.99. The smallest absolute Gasteiger partial charge is 0.0931 e. The summed E-state index contributed by atoms with van der Waals surface area (Å²) in [5.74, 6) is 0. The molecule has 1 aromatic carbocycles. The Bertz CT molecular complexity index is 489. The van der Waals surface area contributed by atoms with Gasteiger partial charge in [0.15, 0.2) is 0 Å². The van der Waals surface area contributed by atoms with Gasteiger partial charge in [-0.15, -0.1) is 11.3 Å². The predicted octanol–water partition coefficient (Wildman–Crippen LogP) is 4.60. The van der Waals surface area contributed by atoms with Gasteiger partial charge in [0.25, 0.3) is 0 Å². The highest BCUT2D eigenvalue weighted by atomic mass is 35.5. The van der Waals surface area contributed by atoms with Gasteiger partial charge in [-0.05, 0) is 31.2 Å². The Morgan fingerprint density at radius 1 is 1.17 bits per heavy atom. The van der Waals surface area contributed by atoms with Gasteiger partial charge in [0.05, 0.1) is 4.34 Å². The lowest BCUT2D eigenvalue weighted by Gasteiger charge is -2.17. The van der Waals surface area contributed by atoms with E-state index in [1.165, 1.54) is 16.0 Å². The van der Waals surface area contributed by atoms with Crippen molar-refractivity contribution in [2.75, 3.05) is 6.54 Å². The molecule has 0 spiro atoms. The lowest BCUT2D eigenvalue weighted by atomic mass is 10.0. The van der Waals surface area contributed by atoms with Crippen LogP contribution < -0.4 is 5.32 Å². The van der Waals surface area contributed by atoms with Crippen LogP contribution >= 0.6 is 22.9 Å². The Kier molecular flexibility index (Phi) is 4.81. The molecule has 1 heterocycles. The average molecular weight is 280 g/mol. The molecule has 0 radical (unpaired) electrons. The summed E-state index contributed by atoms with van der Waals surface area (Å²) in [6, 6.07) is 13.2. The Balaban J connectivity index is 2.14. The molecule has 0 saturated heterocycles. The highest BCUT2D eigenvalue weighted by molar-refractivity contribution is 7.16. The fourth-order valence-corrected chi connectivity index (χ4v) is 3.15. The predicted molar refractivity (Wildman–Crippen MR) is 80.6 cm³/mol. The highest BCUT2D eigenvalue weighted by Gasteiger charge is 2.12. The van der Waals surface area contributed by atoms with E-state index in [9.17, 15) is 0 Å². The lowest BCUT2D eigenvalue weighted by molar-refractivity contribution is 0.553. The van der Waals surface area contributed by atoms with E-state index < -0.39 is 0 Å². The van der Waals surface area contributed by atoms with Gasteiger partial charge in [-0.25, -0.2) is 0 Å². The summed E-state index contributed by atoms with van der Waals surface area (Å²) in [7, 11) is 0. The molecule has 2 aromatic rings. The molecule has 1 N–H and O–H groups in total. The molecule has 96 valence electrons. The van der Waals surface area contributed by atoms with E-state index in [-0.39, 0.29) is 0 Å². The second-order valence-corrected chi connectivity index (χ2v) is 6.23. The quantitative estimate of drug-likeness (QED) is 0.843. The van der Waals surface area contributed by atoms with Crippen molar-refractivity contribution >= 4 is 22.9 Å². The van der Waals surface area contributed by atoms with Crippen molar-refractivity contribution in [1.82, 2.24) is 5.32 Å². The monoisotopic (exact) mass is 279 g/mol. The number of hydrogen-bond donors (Lipinski definition) is 1. The van der Waals surface area contributed by atoms with E-state index in [4.69, 9.17) is 11.6 Å². The molecule has 0 fully saturated rings. The van der Waals surface area contributed by atoms with Gasteiger partial charge in [-0.3, -0.25) is 0 Å². The molecular weight excluding hydrogens is 262 g/mol. The SMILES string of the molecule is CCNC(Cc1ccc(Cl)s1)c1ccc(C)cc1. The van der Waals surface area contributed by atoms with Crippen molar-refractivity contribution < 1.29 is 0 Å².